The Balaban J connectivity index is 1.96. The number of aryl methyl sites for hydroxylation is 1. The molecule has 2 heterocycles. The summed E-state index contributed by atoms with van der Waals surface area (Å²) < 4.78 is 2.14. The molecule has 4 rings (SSSR count). The molecule has 0 N–H and O–H groups in total. The van der Waals surface area contributed by atoms with E-state index in [-0.39, 0.29) is 5.56 Å². The summed E-state index contributed by atoms with van der Waals surface area (Å²) in [7, 11) is 0. The summed E-state index contributed by atoms with van der Waals surface area (Å²) in [6.07, 6.45) is 5.02. The molecule has 0 saturated carbocycles. The predicted octanol–water partition coefficient (Wildman–Crippen LogP) is 4.41. The van der Waals surface area contributed by atoms with Gasteiger partial charge in [-0.05, 0) is 42.8 Å². The average Bonchev–Trinajstić information content (AvgIpc) is 2.68. The summed E-state index contributed by atoms with van der Waals surface area (Å²) in [4.78, 5) is 21.9. The molecule has 0 atom stereocenters. The first-order valence-electron chi connectivity index (χ1n) is 8.35. The molecule has 2 aromatic heterocycles. The Bertz CT molecular complexity index is 1220. The third kappa shape index (κ3) is 3.57. The first-order valence-corrected chi connectivity index (χ1v) is 9.15. The minimum absolute atomic E-state index is 0.232. The fourth-order valence-electron chi connectivity index (χ4n) is 2.81. The molecule has 0 fully saturated rings. The van der Waals surface area contributed by atoms with Crippen LogP contribution >= 0.6 is 15.9 Å². The second-order valence-electron chi connectivity index (χ2n) is 6.11. The summed E-state index contributed by atoms with van der Waals surface area (Å²) in [6.45, 7) is 2.01. The molecule has 0 saturated heterocycles. The zero-order valence-corrected chi connectivity index (χ0v) is 16.1. The van der Waals surface area contributed by atoms with Crippen LogP contribution in [-0.4, -0.2) is 20.9 Å². The lowest BCUT2D eigenvalue weighted by Gasteiger charge is -2.09. The molecule has 0 radical (unpaired) electrons. The topological polar surface area (TPSA) is 60.1 Å². The van der Waals surface area contributed by atoms with Crippen molar-refractivity contribution in [1.29, 1.82) is 0 Å². The van der Waals surface area contributed by atoms with E-state index in [0.717, 1.165) is 21.2 Å². The first kappa shape index (κ1) is 17.3. The molecular formula is C21H15BrN4O. The Morgan fingerprint density at radius 3 is 2.78 bits per heavy atom. The van der Waals surface area contributed by atoms with Crippen LogP contribution in [0.4, 0.5) is 0 Å². The van der Waals surface area contributed by atoms with Crippen LogP contribution in [0.1, 0.15) is 11.1 Å². The number of aromatic nitrogens is 3. The fourth-order valence-corrected chi connectivity index (χ4v) is 3.17. The quantitative estimate of drug-likeness (QED) is 0.462. The second kappa shape index (κ2) is 7.25. The zero-order chi connectivity index (χ0) is 18.8. The van der Waals surface area contributed by atoms with Gasteiger partial charge in [0.1, 0.15) is 0 Å². The number of pyridine rings is 1. The van der Waals surface area contributed by atoms with E-state index in [2.05, 4.69) is 31.0 Å². The van der Waals surface area contributed by atoms with Crippen molar-refractivity contribution < 1.29 is 0 Å². The van der Waals surface area contributed by atoms with Gasteiger partial charge in [-0.3, -0.25) is 9.78 Å². The summed E-state index contributed by atoms with van der Waals surface area (Å²) in [5.74, 6) is 0.451. The van der Waals surface area contributed by atoms with Gasteiger partial charge in [0.2, 0.25) is 0 Å². The van der Waals surface area contributed by atoms with Gasteiger partial charge < -0.3 is 0 Å². The highest BCUT2D eigenvalue weighted by Gasteiger charge is 2.13. The third-order valence-electron chi connectivity index (χ3n) is 4.09. The Hall–Kier alpha value is -3.12. The van der Waals surface area contributed by atoms with Gasteiger partial charge in [0.05, 0.1) is 17.1 Å². The lowest BCUT2D eigenvalue weighted by molar-refractivity contribution is 0.829. The molecule has 0 unspecified atom stereocenters. The molecule has 4 aromatic rings. The average molecular weight is 419 g/mol. The molecule has 2 aromatic carbocycles. The van der Waals surface area contributed by atoms with E-state index in [9.17, 15) is 4.79 Å². The van der Waals surface area contributed by atoms with Gasteiger partial charge in [-0.25, -0.2) is 4.98 Å². The summed E-state index contributed by atoms with van der Waals surface area (Å²) in [5, 5.41) is 4.95. The maximum Gasteiger partial charge on any atom is 0.282 e. The largest absolute Gasteiger partial charge is 0.282 e. The van der Waals surface area contributed by atoms with Crippen molar-refractivity contribution in [3.63, 3.8) is 0 Å². The normalized spacial score (nSPS) is 11.3. The molecule has 5 nitrogen and oxygen atoms in total. The number of rotatable bonds is 3. The van der Waals surface area contributed by atoms with Crippen LogP contribution in [0, 0.1) is 6.92 Å². The molecule has 0 spiro atoms. The Kier molecular flexibility index (Phi) is 4.64. The van der Waals surface area contributed by atoms with Gasteiger partial charge in [-0.1, -0.05) is 45.8 Å². The molecule has 132 valence electrons. The van der Waals surface area contributed by atoms with Crippen LogP contribution in [0.2, 0.25) is 0 Å². The van der Waals surface area contributed by atoms with Crippen molar-refractivity contribution in [3.05, 3.63) is 92.9 Å². The van der Waals surface area contributed by atoms with Crippen LogP contribution in [0.25, 0.3) is 22.3 Å². The standard InChI is InChI=1S/C21H15BrN4O/c1-14-4-2-5-15(10-14)12-24-26-20(16-6-3-9-23-13-16)25-19-8-7-17(22)11-18(19)21(26)27/h2-13H,1H3. The van der Waals surface area contributed by atoms with Gasteiger partial charge in [0.15, 0.2) is 5.82 Å². The Morgan fingerprint density at radius 2 is 2.00 bits per heavy atom. The van der Waals surface area contributed by atoms with Crippen molar-refractivity contribution >= 4 is 33.0 Å². The molecule has 0 aliphatic rings. The van der Waals surface area contributed by atoms with Crippen molar-refractivity contribution in [2.45, 2.75) is 6.92 Å². The number of halogens is 1. The van der Waals surface area contributed by atoms with Gasteiger partial charge in [-0.15, -0.1) is 0 Å². The summed E-state index contributed by atoms with van der Waals surface area (Å²) in [5.41, 5.74) is 3.14. The van der Waals surface area contributed by atoms with E-state index in [1.54, 1.807) is 24.7 Å². The summed E-state index contributed by atoms with van der Waals surface area (Å²) >= 11 is 3.41. The lowest BCUT2D eigenvalue weighted by Crippen LogP contribution is -2.20. The van der Waals surface area contributed by atoms with Gasteiger partial charge in [0, 0.05) is 22.4 Å². The van der Waals surface area contributed by atoms with Gasteiger partial charge in [0.25, 0.3) is 5.56 Å². The highest BCUT2D eigenvalue weighted by atomic mass is 79.9. The zero-order valence-electron chi connectivity index (χ0n) is 14.5. The SMILES string of the molecule is Cc1cccc(C=Nn2c(-c3cccnc3)nc3ccc(Br)cc3c2=O)c1. The number of hydrogen-bond donors (Lipinski definition) is 0. The molecule has 6 heteroatoms. The van der Waals surface area contributed by atoms with E-state index in [0.29, 0.717) is 16.7 Å². The maximum absolute atomic E-state index is 13.1. The maximum atomic E-state index is 13.1. The predicted molar refractivity (Wildman–Crippen MR) is 111 cm³/mol. The lowest BCUT2D eigenvalue weighted by atomic mass is 10.2. The van der Waals surface area contributed by atoms with E-state index in [1.807, 2.05) is 55.5 Å². The third-order valence-corrected chi connectivity index (χ3v) is 4.59. The van der Waals surface area contributed by atoms with E-state index >= 15 is 0 Å². The first-order chi connectivity index (χ1) is 13.1. The molecule has 27 heavy (non-hydrogen) atoms. The number of benzene rings is 2. The minimum Gasteiger partial charge on any atom is -0.267 e. The van der Waals surface area contributed by atoms with Crippen LogP contribution in [0.15, 0.2) is 81.4 Å². The number of nitrogens with zero attached hydrogens (tertiary/aromatic N) is 4. The highest BCUT2D eigenvalue weighted by molar-refractivity contribution is 9.10. The van der Waals surface area contributed by atoms with E-state index in [4.69, 9.17) is 0 Å². The Labute approximate surface area is 164 Å². The molecular weight excluding hydrogens is 404 g/mol. The van der Waals surface area contributed by atoms with Crippen molar-refractivity contribution in [2.75, 3.05) is 0 Å². The van der Waals surface area contributed by atoms with E-state index < -0.39 is 0 Å². The van der Waals surface area contributed by atoms with Gasteiger partial charge >= 0.3 is 0 Å². The van der Waals surface area contributed by atoms with E-state index in [1.165, 1.54) is 4.68 Å². The number of hydrogen-bond acceptors (Lipinski definition) is 4. The van der Waals surface area contributed by atoms with Crippen molar-refractivity contribution in [3.8, 4) is 11.4 Å². The van der Waals surface area contributed by atoms with Crippen molar-refractivity contribution in [2.24, 2.45) is 5.10 Å². The van der Waals surface area contributed by atoms with Gasteiger partial charge in [-0.2, -0.15) is 9.78 Å². The number of fused-ring (bicyclic) bond motifs is 1. The van der Waals surface area contributed by atoms with Crippen LogP contribution in [-0.2, 0) is 0 Å². The fraction of sp³-hybridized carbons (Fsp3) is 0.0476. The summed E-state index contributed by atoms with van der Waals surface area (Å²) in [6, 6.07) is 17.0. The van der Waals surface area contributed by atoms with Crippen LogP contribution in [0.3, 0.4) is 0 Å². The van der Waals surface area contributed by atoms with Crippen LogP contribution in [0.5, 0.6) is 0 Å². The Morgan fingerprint density at radius 1 is 1.11 bits per heavy atom. The molecule has 0 aliphatic carbocycles. The van der Waals surface area contributed by atoms with Crippen LogP contribution < -0.4 is 5.56 Å². The molecule has 0 bridgehead atoms. The highest BCUT2D eigenvalue weighted by Crippen LogP contribution is 2.20. The monoisotopic (exact) mass is 418 g/mol. The smallest absolute Gasteiger partial charge is 0.267 e. The molecule has 0 amide bonds. The van der Waals surface area contributed by atoms with Crippen molar-refractivity contribution in [1.82, 2.24) is 14.6 Å². The minimum atomic E-state index is -0.232. The second-order valence-corrected chi connectivity index (χ2v) is 7.03. The molecule has 0 aliphatic heterocycles.